The van der Waals surface area contributed by atoms with E-state index in [-0.39, 0.29) is 5.75 Å². The summed E-state index contributed by atoms with van der Waals surface area (Å²) < 4.78 is 41.4. The van der Waals surface area contributed by atoms with Crippen molar-refractivity contribution in [3.05, 3.63) is 48.5 Å². The third-order valence-electron chi connectivity index (χ3n) is 2.16. The molecule has 0 N–H and O–H groups in total. The van der Waals surface area contributed by atoms with Crippen molar-refractivity contribution in [2.24, 2.45) is 0 Å². The minimum Gasteiger partial charge on any atom is -0.435 e. The van der Waals surface area contributed by atoms with E-state index in [4.69, 9.17) is 0 Å². The van der Waals surface area contributed by atoms with E-state index in [0.29, 0.717) is 11.1 Å². The normalized spacial score (nSPS) is 10.6. The molecule has 0 aliphatic rings. The van der Waals surface area contributed by atoms with E-state index in [2.05, 4.69) is 9.72 Å². The molecule has 88 valence electrons. The average Bonchev–Trinajstić information content (AvgIpc) is 2.30. The smallest absolute Gasteiger partial charge is 0.387 e. The third kappa shape index (κ3) is 2.75. The Morgan fingerprint density at radius 2 is 1.76 bits per heavy atom. The van der Waals surface area contributed by atoms with Crippen molar-refractivity contribution in [1.29, 1.82) is 0 Å². The molecular formula is C12H8F3NO. The zero-order valence-corrected chi connectivity index (χ0v) is 8.61. The summed E-state index contributed by atoms with van der Waals surface area (Å²) in [7, 11) is 0. The van der Waals surface area contributed by atoms with E-state index in [1.807, 2.05) is 0 Å². The molecule has 1 aromatic heterocycles. The summed E-state index contributed by atoms with van der Waals surface area (Å²) in [5.41, 5.74) is 0.940. The monoisotopic (exact) mass is 239 g/mol. The van der Waals surface area contributed by atoms with Gasteiger partial charge in [-0.25, -0.2) is 4.39 Å². The van der Waals surface area contributed by atoms with Crippen LogP contribution in [0.15, 0.2) is 42.7 Å². The topological polar surface area (TPSA) is 22.1 Å². The lowest BCUT2D eigenvalue weighted by atomic mass is 10.1. The molecule has 5 heteroatoms. The molecule has 0 unspecified atom stereocenters. The first-order chi connectivity index (χ1) is 8.16. The molecule has 0 bridgehead atoms. The zero-order chi connectivity index (χ0) is 12.3. The first kappa shape index (κ1) is 11.4. The first-order valence-electron chi connectivity index (χ1n) is 4.81. The van der Waals surface area contributed by atoms with Gasteiger partial charge in [0.15, 0.2) is 0 Å². The van der Waals surface area contributed by atoms with Crippen LogP contribution in [0.1, 0.15) is 0 Å². The van der Waals surface area contributed by atoms with E-state index >= 15 is 0 Å². The first-order valence-corrected chi connectivity index (χ1v) is 4.81. The number of hydrogen-bond donors (Lipinski definition) is 0. The fraction of sp³-hybridized carbons (Fsp3) is 0.0833. The maximum Gasteiger partial charge on any atom is 0.387 e. The Hall–Kier alpha value is -2.04. The number of benzene rings is 1. The lowest BCUT2D eigenvalue weighted by Crippen LogP contribution is -2.01. The van der Waals surface area contributed by atoms with Gasteiger partial charge in [0, 0.05) is 11.8 Å². The highest BCUT2D eigenvalue weighted by atomic mass is 19.3. The van der Waals surface area contributed by atoms with Gasteiger partial charge >= 0.3 is 6.61 Å². The van der Waals surface area contributed by atoms with Crippen LogP contribution in [0.3, 0.4) is 0 Å². The second-order valence-corrected chi connectivity index (χ2v) is 3.26. The second kappa shape index (κ2) is 4.86. The van der Waals surface area contributed by atoms with E-state index in [0.717, 1.165) is 6.20 Å². The molecule has 2 rings (SSSR count). The van der Waals surface area contributed by atoms with E-state index in [9.17, 15) is 13.2 Å². The fourth-order valence-electron chi connectivity index (χ4n) is 1.43. The Labute approximate surface area is 95.7 Å². The number of pyridine rings is 1. The molecule has 0 spiro atoms. The lowest BCUT2D eigenvalue weighted by Gasteiger charge is -2.06. The van der Waals surface area contributed by atoms with Crippen LogP contribution in [-0.2, 0) is 0 Å². The molecule has 17 heavy (non-hydrogen) atoms. The predicted octanol–water partition coefficient (Wildman–Crippen LogP) is 3.49. The van der Waals surface area contributed by atoms with Crippen molar-refractivity contribution in [3.63, 3.8) is 0 Å². The molecule has 0 amide bonds. The molecule has 2 nitrogen and oxygen atoms in total. The summed E-state index contributed by atoms with van der Waals surface area (Å²) in [6, 6.07) is 7.26. The van der Waals surface area contributed by atoms with Gasteiger partial charge in [0.1, 0.15) is 11.6 Å². The van der Waals surface area contributed by atoms with Gasteiger partial charge in [-0.3, -0.25) is 4.98 Å². The summed E-state index contributed by atoms with van der Waals surface area (Å²) >= 11 is 0. The molecule has 0 saturated heterocycles. The van der Waals surface area contributed by atoms with E-state index in [1.54, 1.807) is 0 Å². The molecule has 0 fully saturated rings. The van der Waals surface area contributed by atoms with Crippen LogP contribution in [-0.4, -0.2) is 11.6 Å². The molecule has 0 aliphatic heterocycles. The van der Waals surface area contributed by atoms with Gasteiger partial charge in [0.2, 0.25) is 0 Å². The zero-order valence-electron chi connectivity index (χ0n) is 8.61. The van der Waals surface area contributed by atoms with Crippen molar-refractivity contribution in [2.75, 3.05) is 0 Å². The number of rotatable bonds is 3. The highest BCUT2D eigenvalue weighted by molar-refractivity contribution is 5.64. The van der Waals surface area contributed by atoms with Gasteiger partial charge in [-0.1, -0.05) is 12.1 Å². The fourth-order valence-corrected chi connectivity index (χ4v) is 1.43. The van der Waals surface area contributed by atoms with Crippen LogP contribution >= 0.6 is 0 Å². The number of alkyl halides is 2. The largest absolute Gasteiger partial charge is 0.435 e. The maximum atomic E-state index is 13.4. The lowest BCUT2D eigenvalue weighted by molar-refractivity contribution is -0.0498. The minimum atomic E-state index is -2.86. The van der Waals surface area contributed by atoms with Crippen molar-refractivity contribution in [1.82, 2.24) is 4.98 Å². The van der Waals surface area contributed by atoms with Gasteiger partial charge in [0.25, 0.3) is 0 Å². The molecule has 0 aliphatic carbocycles. The van der Waals surface area contributed by atoms with Crippen molar-refractivity contribution < 1.29 is 17.9 Å². The summed E-state index contributed by atoms with van der Waals surface area (Å²) in [5.74, 6) is -0.423. The van der Waals surface area contributed by atoms with Crippen LogP contribution in [0.2, 0.25) is 0 Å². The molecule has 2 aromatic rings. The number of nitrogens with zero attached hydrogens (tertiary/aromatic N) is 1. The van der Waals surface area contributed by atoms with Crippen LogP contribution in [0.25, 0.3) is 11.1 Å². The summed E-state index contributed by atoms with van der Waals surface area (Å²) in [6.45, 7) is -2.86. The number of aromatic nitrogens is 1. The second-order valence-electron chi connectivity index (χ2n) is 3.26. The molecule has 0 radical (unpaired) electrons. The summed E-state index contributed by atoms with van der Waals surface area (Å²) in [4.78, 5) is 3.63. The Morgan fingerprint density at radius 1 is 1.06 bits per heavy atom. The van der Waals surface area contributed by atoms with E-state index in [1.165, 1.54) is 36.5 Å². The van der Waals surface area contributed by atoms with Crippen LogP contribution in [0.4, 0.5) is 13.2 Å². The Balaban J connectivity index is 2.27. The molecular weight excluding hydrogens is 231 g/mol. The van der Waals surface area contributed by atoms with Gasteiger partial charge in [0.05, 0.1) is 6.20 Å². The average molecular weight is 239 g/mol. The van der Waals surface area contributed by atoms with Gasteiger partial charge in [-0.2, -0.15) is 8.78 Å². The van der Waals surface area contributed by atoms with Gasteiger partial charge in [-0.15, -0.1) is 0 Å². The quantitative estimate of drug-likeness (QED) is 0.817. The van der Waals surface area contributed by atoms with Gasteiger partial charge in [-0.05, 0) is 23.8 Å². The minimum absolute atomic E-state index is 0.0400. The molecule has 0 atom stereocenters. The van der Waals surface area contributed by atoms with Crippen molar-refractivity contribution in [3.8, 4) is 16.9 Å². The third-order valence-corrected chi connectivity index (χ3v) is 2.16. The standard InChI is InChI=1S/C12H8F3NO/c13-11-7-16-6-5-10(11)8-1-3-9(4-2-8)17-12(14)15/h1-7,12H. The van der Waals surface area contributed by atoms with Crippen LogP contribution in [0.5, 0.6) is 5.75 Å². The number of hydrogen-bond acceptors (Lipinski definition) is 2. The SMILES string of the molecule is Fc1cnccc1-c1ccc(OC(F)F)cc1. The molecule has 1 aromatic carbocycles. The molecule has 1 heterocycles. The highest BCUT2D eigenvalue weighted by Gasteiger charge is 2.06. The van der Waals surface area contributed by atoms with Crippen LogP contribution < -0.4 is 4.74 Å². The van der Waals surface area contributed by atoms with Crippen molar-refractivity contribution in [2.45, 2.75) is 6.61 Å². The van der Waals surface area contributed by atoms with Crippen molar-refractivity contribution >= 4 is 0 Å². The summed E-state index contributed by atoms with van der Waals surface area (Å²) in [6.07, 6.45) is 2.56. The molecule has 0 saturated carbocycles. The number of halogens is 3. The van der Waals surface area contributed by atoms with Crippen LogP contribution in [0, 0.1) is 5.82 Å². The van der Waals surface area contributed by atoms with Gasteiger partial charge < -0.3 is 4.74 Å². The van der Waals surface area contributed by atoms with E-state index < -0.39 is 12.4 Å². The maximum absolute atomic E-state index is 13.4. The predicted molar refractivity (Wildman–Crippen MR) is 56.3 cm³/mol. The Morgan fingerprint density at radius 3 is 2.35 bits per heavy atom. The Kier molecular flexibility index (Phi) is 3.27. The Bertz CT molecular complexity index is 499. The highest BCUT2D eigenvalue weighted by Crippen LogP contribution is 2.24. The number of ether oxygens (including phenoxy) is 1. The summed E-state index contributed by atoms with van der Waals surface area (Å²) in [5, 5.41) is 0.